The monoisotopic (exact) mass is 392 g/mol. The summed E-state index contributed by atoms with van der Waals surface area (Å²) in [5.74, 6) is 0.976. The highest BCUT2D eigenvalue weighted by Gasteiger charge is 2.16. The number of allylic oxidation sites excluding steroid dienone is 1. The summed E-state index contributed by atoms with van der Waals surface area (Å²) >= 11 is 1.37. The zero-order valence-corrected chi connectivity index (χ0v) is 17.2. The Morgan fingerprint density at radius 3 is 2.61 bits per heavy atom. The number of anilines is 1. The molecule has 6 heteroatoms. The van der Waals surface area contributed by atoms with Gasteiger partial charge in [-0.15, -0.1) is 16.8 Å². The summed E-state index contributed by atoms with van der Waals surface area (Å²) in [4.78, 5) is 12.4. The molecular formula is C22H24N4OS. The highest BCUT2D eigenvalue weighted by Crippen LogP contribution is 2.26. The zero-order valence-electron chi connectivity index (χ0n) is 16.4. The van der Waals surface area contributed by atoms with Gasteiger partial charge in [-0.3, -0.25) is 9.36 Å². The molecular weight excluding hydrogens is 368 g/mol. The molecule has 1 amide bonds. The first-order valence-corrected chi connectivity index (χ1v) is 10.1. The minimum absolute atomic E-state index is 0.0705. The normalized spacial score (nSPS) is 10.7. The maximum Gasteiger partial charge on any atom is 0.234 e. The fourth-order valence-corrected chi connectivity index (χ4v) is 3.61. The van der Waals surface area contributed by atoms with Gasteiger partial charge in [-0.2, -0.15) is 0 Å². The Kier molecular flexibility index (Phi) is 6.31. The molecule has 0 radical (unpaired) electrons. The third-order valence-corrected chi connectivity index (χ3v) is 5.50. The molecule has 0 aliphatic rings. The molecule has 28 heavy (non-hydrogen) atoms. The second-order valence-electron chi connectivity index (χ2n) is 6.66. The van der Waals surface area contributed by atoms with E-state index >= 15 is 0 Å². The molecule has 2 aromatic carbocycles. The van der Waals surface area contributed by atoms with Crippen molar-refractivity contribution in [3.8, 4) is 11.4 Å². The van der Waals surface area contributed by atoms with Gasteiger partial charge in [-0.1, -0.05) is 48.2 Å². The molecule has 1 N–H and O–H groups in total. The number of aromatic nitrogens is 3. The summed E-state index contributed by atoms with van der Waals surface area (Å²) in [6.07, 6.45) is 1.81. The molecule has 1 heterocycles. The fraction of sp³-hybridized carbons (Fsp3) is 0.227. The van der Waals surface area contributed by atoms with Crippen molar-refractivity contribution in [2.24, 2.45) is 0 Å². The first kappa shape index (κ1) is 19.9. The molecule has 0 aliphatic heterocycles. The lowest BCUT2D eigenvalue weighted by Gasteiger charge is -2.10. The van der Waals surface area contributed by atoms with Crippen LogP contribution in [0.1, 0.15) is 16.7 Å². The molecule has 0 fully saturated rings. The molecule has 0 saturated carbocycles. The van der Waals surface area contributed by atoms with E-state index in [-0.39, 0.29) is 11.7 Å². The highest BCUT2D eigenvalue weighted by molar-refractivity contribution is 7.99. The Hall–Kier alpha value is -2.86. The van der Waals surface area contributed by atoms with Crippen LogP contribution in [0.5, 0.6) is 0 Å². The Balaban J connectivity index is 1.73. The summed E-state index contributed by atoms with van der Waals surface area (Å²) in [6.45, 7) is 10.5. The number of aryl methyl sites for hydroxylation is 3. The second kappa shape index (κ2) is 8.89. The van der Waals surface area contributed by atoms with Crippen molar-refractivity contribution < 1.29 is 4.79 Å². The molecule has 144 valence electrons. The average molecular weight is 393 g/mol. The fourth-order valence-electron chi connectivity index (χ4n) is 2.86. The van der Waals surface area contributed by atoms with Gasteiger partial charge in [0.15, 0.2) is 11.0 Å². The van der Waals surface area contributed by atoms with Crippen LogP contribution >= 0.6 is 11.8 Å². The van der Waals surface area contributed by atoms with Crippen molar-refractivity contribution in [1.29, 1.82) is 0 Å². The van der Waals surface area contributed by atoms with Crippen LogP contribution in [0.2, 0.25) is 0 Å². The third-order valence-electron chi connectivity index (χ3n) is 4.54. The predicted octanol–water partition coefficient (Wildman–Crippen LogP) is 4.79. The lowest BCUT2D eigenvalue weighted by molar-refractivity contribution is -0.113. The molecule has 0 atom stereocenters. The van der Waals surface area contributed by atoms with Gasteiger partial charge < -0.3 is 5.32 Å². The van der Waals surface area contributed by atoms with E-state index in [0.29, 0.717) is 11.7 Å². The summed E-state index contributed by atoms with van der Waals surface area (Å²) in [5.41, 5.74) is 5.32. The smallest absolute Gasteiger partial charge is 0.234 e. The number of hydrogen-bond donors (Lipinski definition) is 1. The van der Waals surface area contributed by atoms with E-state index in [0.717, 1.165) is 28.2 Å². The maximum atomic E-state index is 12.4. The van der Waals surface area contributed by atoms with Gasteiger partial charge in [-0.25, -0.2) is 0 Å². The Labute approximate surface area is 169 Å². The summed E-state index contributed by atoms with van der Waals surface area (Å²) in [5, 5.41) is 12.3. The average Bonchev–Trinajstić information content (AvgIpc) is 3.06. The summed E-state index contributed by atoms with van der Waals surface area (Å²) in [6, 6.07) is 14.0. The Morgan fingerprint density at radius 1 is 1.11 bits per heavy atom. The van der Waals surface area contributed by atoms with Gasteiger partial charge in [0.25, 0.3) is 0 Å². The Bertz CT molecular complexity index is 1010. The van der Waals surface area contributed by atoms with Gasteiger partial charge in [-0.05, 0) is 49.6 Å². The zero-order chi connectivity index (χ0) is 20.1. The lowest BCUT2D eigenvalue weighted by Crippen LogP contribution is -2.15. The van der Waals surface area contributed by atoms with Gasteiger partial charge in [0, 0.05) is 17.8 Å². The molecule has 0 saturated heterocycles. The molecule has 3 aromatic rings. The van der Waals surface area contributed by atoms with Crippen LogP contribution in [0, 0.1) is 20.8 Å². The molecule has 0 spiro atoms. The van der Waals surface area contributed by atoms with Gasteiger partial charge >= 0.3 is 0 Å². The van der Waals surface area contributed by atoms with Crippen LogP contribution in [0.25, 0.3) is 11.4 Å². The topological polar surface area (TPSA) is 59.8 Å². The van der Waals surface area contributed by atoms with Gasteiger partial charge in [0.2, 0.25) is 5.91 Å². The second-order valence-corrected chi connectivity index (χ2v) is 7.60. The van der Waals surface area contributed by atoms with Crippen LogP contribution in [0.15, 0.2) is 60.3 Å². The van der Waals surface area contributed by atoms with Crippen molar-refractivity contribution in [2.45, 2.75) is 32.5 Å². The van der Waals surface area contributed by atoms with E-state index in [1.807, 2.05) is 67.0 Å². The van der Waals surface area contributed by atoms with Gasteiger partial charge in [0.05, 0.1) is 5.75 Å². The number of nitrogens with zero attached hydrogens (tertiary/aromatic N) is 3. The first-order chi connectivity index (χ1) is 13.5. The molecule has 1 aromatic heterocycles. The van der Waals surface area contributed by atoms with E-state index in [9.17, 15) is 4.79 Å². The number of hydrogen-bond acceptors (Lipinski definition) is 4. The standard InChI is InChI=1S/C22H24N4OS/c1-5-12-26-21(19-9-7-6-8-16(19)3)24-25-22(26)28-14-20(27)23-18-11-10-15(2)17(4)13-18/h5-11,13H,1,12,14H2,2-4H3,(H,23,27). The van der Waals surface area contributed by atoms with Crippen molar-refractivity contribution in [3.05, 3.63) is 71.8 Å². The van der Waals surface area contributed by atoms with Crippen LogP contribution in [-0.4, -0.2) is 26.4 Å². The van der Waals surface area contributed by atoms with Crippen molar-refractivity contribution in [1.82, 2.24) is 14.8 Å². The minimum atomic E-state index is -0.0705. The van der Waals surface area contributed by atoms with Crippen LogP contribution < -0.4 is 5.32 Å². The first-order valence-electron chi connectivity index (χ1n) is 9.09. The molecule has 0 aliphatic carbocycles. The summed E-state index contributed by atoms with van der Waals surface area (Å²) in [7, 11) is 0. The van der Waals surface area contributed by atoms with E-state index in [1.54, 1.807) is 0 Å². The van der Waals surface area contributed by atoms with E-state index in [4.69, 9.17) is 0 Å². The number of carbonyl (C=O) groups excluding carboxylic acids is 1. The lowest BCUT2D eigenvalue weighted by atomic mass is 10.1. The largest absolute Gasteiger partial charge is 0.325 e. The van der Waals surface area contributed by atoms with Gasteiger partial charge in [0.1, 0.15) is 0 Å². The van der Waals surface area contributed by atoms with Crippen LogP contribution in [0.3, 0.4) is 0 Å². The number of nitrogens with one attached hydrogen (secondary N) is 1. The molecule has 0 bridgehead atoms. The number of benzene rings is 2. The number of thioether (sulfide) groups is 1. The van der Waals surface area contributed by atoms with Crippen molar-refractivity contribution in [2.75, 3.05) is 11.1 Å². The van der Waals surface area contributed by atoms with Crippen molar-refractivity contribution >= 4 is 23.4 Å². The summed E-state index contributed by atoms with van der Waals surface area (Å²) < 4.78 is 1.99. The minimum Gasteiger partial charge on any atom is -0.325 e. The number of rotatable bonds is 7. The molecule has 0 unspecified atom stereocenters. The van der Waals surface area contributed by atoms with E-state index in [2.05, 4.69) is 29.0 Å². The van der Waals surface area contributed by atoms with Crippen LogP contribution in [0.4, 0.5) is 5.69 Å². The molecule has 3 rings (SSSR count). The molecule has 5 nitrogen and oxygen atoms in total. The van der Waals surface area contributed by atoms with E-state index in [1.165, 1.54) is 17.3 Å². The number of carbonyl (C=O) groups is 1. The third kappa shape index (κ3) is 4.51. The SMILES string of the molecule is C=CCn1c(SCC(=O)Nc2ccc(C)c(C)c2)nnc1-c1ccccc1C. The maximum absolute atomic E-state index is 12.4. The van der Waals surface area contributed by atoms with Crippen LogP contribution in [-0.2, 0) is 11.3 Å². The van der Waals surface area contributed by atoms with Crippen molar-refractivity contribution in [3.63, 3.8) is 0 Å². The predicted molar refractivity (Wildman–Crippen MR) is 116 cm³/mol. The van der Waals surface area contributed by atoms with E-state index < -0.39 is 0 Å². The number of amides is 1. The Morgan fingerprint density at radius 2 is 1.89 bits per heavy atom. The highest BCUT2D eigenvalue weighted by atomic mass is 32.2. The quantitative estimate of drug-likeness (QED) is 0.464.